The lowest BCUT2D eigenvalue weighted by atomic mass is 9.70. The highest BCUT2D eigenvalue weighted by atomic mass is 16.5. The number of aromatic amines is 2. The predicted octanol–water partition coefficient (Wildman–Crippen LogP) is 1.44. The summed E-state index contributed by atoms with van der Waals surface area (Å²) in [5, 5.41) is 2.82. The van der Waals surface area contributed by atoms with Gasteiger partial charge in [-0.3, -0.25) is 19.4 Å². The van der Waals surface area contributed by atoms with Crippen LogP contribution < -0.4 is 22.3 Å². The molecule has 1 aromatic heterocycles. The zero-order valence-electron chi connectivity index (χ0n) is 17.3. The van der Waals surface area contributed by atoms with Gasteiger partial charge in [0.2, 0.25) is 0 Å². The molecule has 9 nitrogen and oxygen atoms in total. The topological polar surface area (TPSA) is 147 Å². The van der Waals surface area contributed by atoms with Crippen molar-refractivity contribution in [1.29, 1.82) is 0 Å². The summed E-state index contributed by atoms with van der Waals surface area (Å²) < 4.78 is 5.08. The molecule has 1 aliphatic carbocycles. The van der Waals surface area contributed by atoms with Gasteiger partial charge in [-0.25, -0.2) is 4.79 Å². The molecule has 1 heterocycles. The molecular formula is C23H22N4O5. The molecule has 4 rings (SSSR count). The fourth-order valence-corrected chi connectivity index (χ4v) is 4.34. The summed E-state index contributed by atoms with van der Waals surface area (Å²) in [6.45, 7) is 0. The predicted molar refractivity (Wildman–Crippen MR) is 117 cm³/mol. The van der Waals surface area contributed by atoms with Crippen molar-refractivity contribution in [2.24, 2.45) is 5.92 Å². The highest BCUT2D eigenvalue weighted by Gasteiger charge is 2.41. The quantitative estimate of drug-likeness (QED) is 0.457. The summed E-state index contributed by atoms with van der Waals surface area (Å²) in [6.07, 6.45) is 0.266. The summed E-state index contributed by atoms with van der Waals surface area (Å²) in [6, 6.07) is 16.6. The summed E-state index contributed by atoms with van der Waals surface area (Å²) in [4.78, 5) is 53.3. The number of nitrogens with two attached hydrogens (primary N) is 1. The molecule has 3 atom stereocenters. The van der Waals surface area contributed by atoms with Gasteiger partial charge in [-0.2, -0.15) is 0 Å². The van der Waals surface area contributed by atoms with Gasteiger partial charge in [0, 0.05) is 5.92 Å². The highest BCUT2D eigenvalue weighted by Crippen LogP contribution is 2.45. The standard InChI is InChI=1S/C23H22N4O5/c1-32-22(30)15-11-16(25-21(29)19-18(24)20(28)27-23(31)26-19)13-9-5-6-10-14(13)17(15)12-7-3-2-4-8-12/h2-10,15-17H,11,24H2,1H3,(H,25,29)(H2,26,27,28,31)/t15-,16-,17-/m1/s1. The summed E-state index contributed by atoms with van der Waals surface area (Å²) in [5.41, 5.74) is 5.98. The van der Waals surface area contributed by atoms with Crippen LogP contribution >= 0.6 is 0 Å². The van der Waals surface area contributed by atoms with Gasteiger partial charge in [0.15, 0.2) is 0 Å². The molecule has 0 unspecified atom stereocenters. The SMILES string of the molecule is COC(=O)[C@@H]1C[C@@H](NC(=O)c2[nH]c(=O)[nH]c(=O)c2N)c2ccccc2[C@H]1c1ccccc1. The van der Waals surface area contributed by atoms with Crippen LogP contribution in [0.2, 0.25) is 0 Å². The van der Waals surface area contributed by atoms with Gasteiger partial charge in [0.05, 0.1) is 19.1 Å². The van der Waals surface area contributed by atoms with Gasteiger partial charge in [0.25, 0.3) is 11.5 Å². The van der Waals surface area contributed by atoms with Crippen LogP contribution in [0.15, 0.2) is 64.2 Å². The smallest absolute Gasteiger partial charge is 0.326 e. The Morgan fingerprint density at radius 2 is 1.66 bits per heavy atom. The summed E-state index contributed by atoms with van der Waals surface area (Å²) >= 11 is 0. The van der Waals surface area contributed by atoms with Gasteiger partial charge in [-0.15, -0.1) is 0 Å². The molecule has 1 aliphatic rings. The number of H-pyrrole nitrogens is 2. The van der Waals surface area contributed by atoms with Crippen molar-refractivity contribution in [3.8, 4) is 0 Å². The van der Waals surface area contributed by atoms with Gasteiger partial charge < -0.3 is 20.8 Å². The molecule has 9 heteroatoms. The molecule has 164 valence electrons. The molecule has 0 saturated heterocycles. The monoisotopic (exact) mass is 434 g/mol. The molecular weight excluding hydrogens is 412 g/mol. The van der Waals surface area contributed by atoms with E-state index in [1.165, 1.54) is 7.11 Å². The average molecular weight is 434 g/mol. The van der Waals surface area contributed by atoms with Gasteiger partial charge in [0.1, 0.15) is 11.4 Å². The van der Waals surface area contributed by atoms with Crippen molar-refractivity contribution in [3.63, 3.8) is 0 Å². The third kappa shape index (κ3) is 3.80. The van der Waals surface area contributed by atoms with E-state index in [9.17, 15) is 19.2 Å². The minimum absolute atomic E-state index is 0.252. The highest BCUT2D eigenvalue weighted by molar-refractivity contribution is 5.97. The molecule has 5 N–H and O–H groups in total. The van der Waals surface area contributed by atoms with E-state index < -0.39 is 40.8 Å². The lowest BCUT2D eigenvalue weighted by Gasteiger charge is -2.37. The van der Waals surface area contributed by atoms with E-state index in [0.29, 0.717) is 0 Å². The molecule has 32 heavy (non-hydrogen) atoms. The third-order valence-corrected chi connectivity index (χ3v) is 5.77. The first kappa shape index (κ1) is 21.1. The maximum Gasteiger partial charge on any atom is 0.326 e. The maximum atomic E-state index is 12.9. The Bertz CT molecular complexity index is 1280. The number of esters is 1. The van der Waals surface area contributed by atoms with Crippen LogP contribution in [0.5, 0.6) is 0 Å². The molecule has 0 saturated carbocycles. The second kappa shape index (κ2) is 8.54. The molecule has 2 aromatic carbocycles. The van der Waals surface area contributed by atoms with E-state index >= 15 is 0 Å². The van der Waals surface area contributed by atoms with Gasteiger partial charge >= 0.3 is 11.7 Å². The van der Waals surface area contributed by atoms with Crippen LogP contribution in [0.3, 0.4) is 0 Å². The van der Waals surface area contributed by atoms with Crippen molar-refractivity contribution >= 4 is 17.6 Å². The number of fused-ring (bicyclic) bond motifs is 1. The van der Waals surface area contributed by atoms with Crippen molar-refractivity contribution in [3.05, 3.63) is 97.8 Å². The third-order valence-electron chi connectivity index (χ3n) is 5.77. The van der Waals surface area contributed by atoms with Crippen LogP contribution in [0.4, 0.5) is 5.69 Å². The number of carbonyl (C=O) groups excluding carboxylic acids is 2. The van der Waals surface area contributed by atoms with Gasteiger partial charge in [-0.1, -0.05) is 54.6 Å². The second-order valence-corrected chi connectivity index (χ2v) is 7.61. The maximum absolute atomic E-state index is 12.9. The molecule has 0 fully saturated rings. The van der Waals surface area contributed by atoms with E-state index in [0.717, 1.165) is 16.7 Å². The fraction of sp³-hybridized carbons (Fsp3) is 0.217. The van der Waals surface area contributed by atoms with Crippen LogP contribution in [-0.4, -0.2) is 29.0 Å². The number of nitrogen functional groups attached to an aromatic ring is 1. The zero-order chi connectivity index (χ0) is 22.8. The second-order valence-electron chi connectivity index (χ2n) is 7.61. The number of carbonyl (C=O) groups is 2. The van der Waals surface area contributed by atoms with Crippen LogP contribution in [0, 0.1) is 5.92 Å². The summed E-state index contributed by atoms with van der Waals surface area (Å²) in [5.74, 6) is -1.92. The molecule has 0 spiro atoms. The Hall–Kier alpha value is -4.14. The number of anilines is 1. The Kier molecular flexibility index (Phi) is 5.63. The van der Waals surface area contributed by atoms with E-state index in [-0.39, 0.29) is 18.0 Å². The van der Waals surface area contributed by atoms with Crippen LogP contribution in [0.1, 0.15) is 45.6 Å². The first-order valence-electron chi connectivity index (χ1n) is 10.0. The van der Waals surface area contributed by atoms with Crippen molar-refractivity contribution in [2.45, 2.75) is 18.4 Å². The minimum Gasteiger partial charge on any atom is -0.469 e. The number of nitrogens with one attached hydrogen (secondary N) is 3. The molecule has 1 amide bonds. The number of hydrogen-bond donors (Lipinski definition) is 4. The Labute approximate surface area is 182 Å². The van der Waals surface area contributed by atoms with Crippen LogP contribution in [-0.2, 0) is 9.53 Å². The number of methoxy groups -OCH3 is 1. The number of ether oxygens (including phenoxy) is 1. The number of hydrogen-bond acceptors (Lipinski definition) is 6. The molecule has 0 bridgehead atoms. The lowest BCUT2D eigenvalue weighted by Crippen LogP contribution is -2.40. The van der Waals surface area contributed by atoms with Crippen molar-refractivity contribution < 1.29 is 14.3 Å². The number of amides is 1. The normalized spacial score (nSPS) is 19.6. The molecule has 3 aromatic rings. The van der Waals surface area contributed by atoms with Crippen molar-refractivity contribution in [1.82, 2.24) is 15.3 Å². The first-order chi connectivity index (χ1) is 15.4. The van der Waals surface area contributed by atoms with Crippen molar-refractivity contribution in [2.75, 3.05) is 12.8 Å². The Morgan fingerprint density at radius 1 is 1.00 bits per heavy atom. The first-order valence-corrected chi connectivity index (χ1v) is 10.0. The minimum atomic E-state index is -0.848. The van der Waals surface area contributed by atoms with Crippen LogP contribution in [0.25, 0.3) is 0 Å². The van der Waals surface area contributed by atoms with E-state index in [2.05, 4.69) is 10.3 Å². The number of rotatable bonds is 4. The van der Waals surface area contributed by atoms with Gasteiger partial charge in [-0.05, 0) is 23.1 Å². The zero-order valence-corrected chi connectivity index (χ0v) is 17.3. The lowest BCUT2D eigenvalue weighted by molar-refractivity contribution is -0.146. The number of aromatic nitrogens is 2. The number of benzene rings is 2. The van der Waals surface area contributed by atoms with E-state index in [4.69, 9.17) is 10.5 Å². The largest absolute Gasteiger partial charge is 0.469 e. The Balaban J connectivity index is 1.77. The summed E-state index contributed by atoms with van der Waals surface area (Å²) in [7, 11) is 1.33. The molecule has 0 aliphatic heterocycles. The average Bonchev–Trinajstić information content (AvgIpc) is 2.81. The Morgan fingerprint density at radius 3 is 2.34 bits per heavy atom. The van der Waals surface area contributed by atoms with E-state index in [1.54, 1.807) is 0 Å². The fourth-order valence-electron chi connectivity index (χ4n) is 4.34. The van der Waals surface area contributed by atoms with E-state index in [1.807, 2.05) is 59.6 Å². The molecule has 0 radical (unpaired) electrons.